The molecule has 0 radical (unpaired) electrons. The maximum Gasteiger partial charge on any atom is 0.416 e. The van der Waals surface area contributed by atoms with Gasteiger partial charge in [-0.25, -0.2) is 9.97 Å². The summed E-state index contributed by atoms with van der Waals surface area (Å²) in [7, 11) is 0. The molecule has 184 valence electrons. The van der Waals surface area contributed by atoms with Gasteiger partial charge < -0.3 is 14.6 Å². The Morgan fingerprint density at radius 2 is 1.80 bits per heavy atom. The largest absolute Gasteiger partial charge is 0.416 e. The smallest absolute Gasteiger partial charge is 0.378 e. The van der Waals surface area contributed by atoms with Crippen molar-refractivity contribution >= 4 is 38.3 Å². The molecule has 5 heterocycles. The number of H-pyrrole nitrogens is 1. The second kappa shape index (κ2) is 9.07. The summed E-state index contributed by atoms with van der Waals surface area (Å²) in [6.45, 7) is 5.62. The van der Waals surface area contributed by atoms with Crippen LogP contribution in [0.5, 0.6) is 0 Å². The van der Waals surface area contributed by atoms with Crippen molar-refractivity contribution in [3.05, 3.63) is 40.9 Å². The maximum atomic E-state index is 13.7. The van der Waals surface area contributed by atoms with E-state index >= 15 is 0 Å². The number of piperidine rings is 1. The molecule has 0 atom stereocenters. The number of ether oxygens (including phenoxy) is 1. The minimum Gasteiger partial charge on any atom is -0.378 e. The van der Waals surface area contributed by atoms with Crippen LogP contribution in [0.4, 0.5) is 19.0 Å². The molecule has 35 heavy (non-hydrogen) atoms. The number of halogens is 3. The zero-order chi connectivity index (χ0) is 24.0. The van der Waals surface area contributed by atoms with Gasteiger partial charge in [-0.05, 0) is 50.2 Å². The first-order valence-corrected chi connectivity index (χ1v) is 12.8. The van der Waals surface area contributed by atoms with E-state index < -0.39 is 11.7 Å². The molecule has 1 aromatic carbocycles. The van der Waals surface area contributed by atoms with Crippen molar-refractivity contribution < 1.29 is 17.9 Å². The third-order valence-electron chi connectivity index (χ3n) is 6.78. The van der Waals surface area contributed by atoms with Crippen LogP contribution in [0.3, 0.4) is 0 Å². The van der Waals surface area contributed by atoms with E-state index in [2.05, 4.69) is 20.9 Å². The summed E-state index contributed by atoms with van der Waals surface area (Å²) in [6.07, 6.45) is 0.905. The number of aromatic nitrogens is 3. The van der Waals surface area contributed by atoms with Gasteiger partial charge in [0.05, 0.1) is 29.0 Å². The lowest BCUT2D eigenvalue weighted by molar-refractivity contribution is -0.137. The van der Waals surface area contributed by atoms with Crippen LogP contribution in [0, 0.1) is 0 Å². The zero-order valence-corrected chi connectivity index (χ0v) is 20.0. The summed E-state index contributed by atoms with van der Waals surface area (Å²) >= 11 is 1.69. The van der Waals surface area contributed by atoms with Gasteiger partial charge in [-0.2, -0.15) is 13.2 Å². The summed E-state index contributed by atoms with van der Waals surface area (Å²) < 4.78 is 47.6. The second-order valence-electron chi connectivity index (χ2n) is 9.19. The highest BCUT2D eigenvalue weighted by Crippen LogP contribution is 2.39. The number of aromatic amines is 1. The van der Waals surface area contributed by atoms with Crippen molar-refractivity contribution in [2.24, 2.45) is 0 Å². The standard InChI is InChI=1S/C25H26F3N5OS/c26-25(27,28)16-12-19(18-4-5-29-20(18)13-16)23-30-21-14-17(15-32-6-2-1-3-7-32)35-22(21)24(31-23)33-8-10-34-11-9-33/h4-5,12-14,29H,1-3,6-11,15H2. The van der Waals surface area contributed by atoms with E-state index in [1.165, 1.54) is 30.2 Å². The van der Waals surface area contributed by atoms with Gasteiger partial charge in [-0.1, -0.05) is 6.42 Å². The summed E-state index contributed by atoms with van der Waals surface area (Å²) in [5.41, 5.74) is 0.878. The number of nitrogens with zero attached hydrogens (tertiary/aromatic N) is 4. The van der Waals surface area contributed by atoms with Crippen molar-refractivity contribution in [1.29, 1.82) is 0 Å². The SMILES string of the molecule is FC(F)(F)c1cc(-c2nc(N3CCOCC3)c3sc(CN4CCCCC4)cc3n2)c2cc[nH]c2c1. The van der Waals surface area contributed by atoms with E-state index in [4.69, 9.17) is 14.7 Å². The lowest BCUT2D eigenvalue weighted by Gasteiger charge is -2.28. The first-order chi connectivity index (χ1) is 17.0. The number of morpholine rings is 1. The van der Waals surface area contributed by atoms with Gasteiger partial charge in [-0.3, -0.25) is 4.90 Å². The number of alkyl halides is 3. The fraction of sp³-hybridized carbons (Fsp3) is 0.440. The van der Waals surface area contributed by atoms with E-state index in [0.717, 1.165) is 41.7 Å². The molecule has 0 saturated carbocycles. The lowest BCUT2D eigenvalue weighted by atomic mass is 10.0. The maximum absolute atomic E-state index is 13.7. The fourth-order valence-corrected chi connectivity index (χ4v) is 6.16. The molecule has 6 rings (SSSR count). The third-order valence-corrected chi connectivity index (χ3v) is 7.89. The second-order valence-corrected chi connectivity index (χ2v) is 10.3. The van der Waals surface area contributed by atoms with Gasteiger partial charge in [0.25, 0.3) is 0 Å². The van der Waals surface area contributed by atoms with Crippen LogP contribution in [0.25, 0.3) is 32.5 Å². The molecule has 3 aromatic heterocycles. The molecule has 4 aromatic rings. The van der Waals surface area contributed by atoms with Gasteiger partial charge in [0, 0.05) is 47.2 Å². The molecular weight excluding hydrogens is 475 g/mol. The van der Waals surface area contributed by atoms with Gasteiger partial charge in [0.1, 0.15) is 0 Å². The van der Waals surface area contributed by atoms with Crippen LogP contribution in [-0.4, -0.2) is 59.2 Å². The highest BCUT2D eigenvalue weighted by molar-refractivity contribution is 7.19. The van der Waals surface area contributed by atoms with Gasteiger partial charge in [-0.15, -0.1) is 11.3 Å². The minimum atomic E-state index is -4.46. The summed E-state index contributed by atoms with van der Waals surface area (Å²) in [5, 5.41) is 0.675. The van der Waals surface area contributed by atoms with E-state index in [9.17, 15) is 13.2 Å². The Hall–Kier alpha value is -2.69. The van der Waals surface area contributed by atoms with E-state index in [1.54, 1.807) is 23.6 Å². The summed E-state index contributed by atoms with van der Waals surface area (Å²) in [4.78, 5) is 18.5. The molecule has 6 nitrogen and oxygen atoms in total. The molecule has 0 aliphatic carbocycles. The molecule has 0 spiro atoms. The number of rotatable bonds is 4. The fourth-order valence-electron chi connectivity index (χ4n) is 5.01. The molecule has 0 bridgehead atoms. The minimum absolute atomic E-state index is 0.317. The lowest BCUT2D eigenvalue weighted by Crippen LogP contribution is -2.36. The quantitative estimate of drug-likeness (QED) is 0.390. The molecule has 2 aliphatic rings. The normalized spacial score (nSPS) is 18.1. The van der Waals surface area contributed by atoms with Crippen LogP contribution < -0.4 is 4.90 Å². The molecule has 2 fully saturated rings. The zero-order valence-electron chi connectivity index (χ0n) is 19.2. The predicted octanol–water partition coefficient (Wildman–Crippen LogP) is 5.68. The molecule has 0 amide bonds. The first kappa shape index (κ1) is 22.8. The van der Waals surface area contributed by atoms with Crippen molar-refractivity contribution in [1.82, 2.24) is 19.9 Å². The molecule has 2 saturated heterocycles. The topological polar surface area (TPSA) is 57.3 Å². The number of benzene rings is 1. The number of likely N-dealkylation sites (tertiary alicyclic amines) is 1. The predicted molar refractivity (Wildman–Crippen MR) is 132 cm³/mol. The highest BCUT2D eigenvalue weighted by Gasteiger charge is 2.32. The molecule has 0 unspecified atom stereocenters. The van der Waals surface area contributed by atoms with Crippen LogP contribution in [0.15, 0.2) is 30.5 Å². The molecule has 2 aliphatic heterocycles. The number of anilines is 1. The average molecular weight is 502 g/mol. The van der Waals surface area contributed by atoms with Gasteiger partial charge >= 0.3 is 6.18 Å². The Kier molecular flexibility index (Phi) is 5.90. The number of fused-ring (bicyclic) bond motifs is 2. The van der Waals surface area contributed by atoms with Crippen molar-refractivity contribution in [2.75, 3.05) is 44.3 Å². The molecule has 10 heteroatoms. The Balaban J connectivity index is 1.49. The Morgan fingerprint density at radius 1 is 1.00 bits per heavy atom. The van der Waals surface area contributed by atoms with E-state index in [1.807, 2.05) is 0 Å². The highest BCUT2D eigenvalue weighted by atomic mass is 32.1. The van der Waals surface area contributed by atoms with Crippen LogP contribution in [0.1, 0.15) is 29.7 Å². The van der Waals surface area contributed by atoms with E-state index in [0.29, 0.717) is 48.6 Å². The Morgan fingerprint density at radius 3 is 2.57 bits per heavy atom. The Bertz CT molecular complexity index is 1350. The third kappa shape index (κ3) is 4.50. The molecular formula is C25H26F3N5OS. The van der Waals surface area contributed by atoms with E-state index in [-0.39, 0.29) is 0 Å². The molecule has 1 N–H and O–H groups in total. The first-order valence-electron chi connectivity index (χ1n) is 12.0. The summed E-state index contributed by atoms with van der Waals surface area (Å²) in [5.74, 6) is 1.10. The number of hydrogen-bond donors (Lipinski definition) is 1. The summed E-state index contributed by atoms with van der Waals surface area (Å²) in [6, 6.07) is 6.18. The van der Waals surface area contributed by atoms with Crippen LogP contribution >= 0.6 is 11.3 Å². The number of hydrogen-bond acceptors (Lipinski definition) is 6. The van der Waals surface area contributed by atoms with Crippen LogP contribution in [-0.2, 0) is 17.5 Å². The van der Waals surface area contributed by atoms with Crippen molar-refractivity contribution in [3.63, 3.8) is 0 Å². The van der Waals surface area contributed by atoms with Crippen molar-refractivity contribution in [2.45, 2.75) is 32.0 Å². The van der Waals surface area contributed by atoms with Gasteiger partial charge in [0.2, 0.25) is 0 Å². The van der Waals surface area contributed by atoms with Crippen LogP contribution in [0.2, 0.25) is 0 Å². The Labute approximate surface area is 204 Å². The number of thiophene rings is 1. The van der Waals surface area contributed by atoms with Crippen molar-refractivity contribution in [3.8, 4) is 11.4 Å². The number of nitrogens with one attached hydrogen (secondary N) is 1. The monoisotopic (exact) mass is 501 g/mol. The average Bonchev–Trinajstić information content (AvgIpc) is 3.50. The van der Waals surface area contributed by atoms with Gasteiger partial charge in [0.15, 0.2) is 11.6 Å².